The summed E-state index contributed by atoms with van der Waals surface area (Å²) in [5, 5.41) is 2.22. The number of carbonyl (C=O) groups is 1. The third kappa shape index (κ3) is 7.54. The highest BCUT2D eigenvalue weighted by Crippen LogP contribution is 2.06. The Kier molecular flexibility index (Phi) is 1.71. The molecule has 0 fully saturated rings. The molecule has 0 aromatic carbocycles. The molecule has 0 aromatic heterocycles. The Labute approximate surface area is 82.9 Å². The van der Waals surface area contributed by atoms with Gasteiger partial charge >= 0.3 is 5.97 Å². The molecule has 0 aliphatic carbocycles. The van der Waals surface area contributed by atoms with Gasteiger partial charge in [0.25, 0.3) is 0 Å². The molecule has 0 saturated carbocycles. The van der Waals surface area contributed by atoms with Crippen molar-refractivity contribution in [2.45, 2.75) is 46.1 Å². The van der Waals surface area contributed by atoms with Gasteiger partial charge < -0.3 is 10.1 Å². The lowest BCUT2D eigenvalue weighted by Gasteiger charge is -2.20. The van der Waals surface area contributed by atoms with E-state index in [9.17, 15) is 4.79 Å². The fourth-order valence-corrected chi connectivity index (χ4v) is 0.563. The summed E-state index contributed by atoms with van der Waals surface area (Å²) in [6.45, 7) is -0.902. The lowest BCUT2D eigenvalue weighted by Crippen LogP contribution is -2.34. The number of hydrogen-bond acceptors (Lipinski definition) is 3. The van der Waals surface area contributed by atoms with E-state index in [4.69, 9.17) is 13.0 Å². The SMILES string of the molecule is [2H]C([2H])([2H])C(NCC(=O)OC(C)(C)C)C([2H])([2H])[2H]. The molecule has 0 radical (unpaired) electrons. The molecule has 0 aliphatic heterocycles. The molecule has 0 bridgehead atoms. The van der Waals surface area contributed by atoms with E-state index in [0.717, 1.165) is 0 Å². The van der Waals surface area contributed by atoms with Crippen LogP contribution >= 0.6 is 0 Å². The van der Waals surface area contributed by atoms with Crippen LogP contribution in [0.25, 0.3) is 0 Å². The van der Waals surface area contributed by atoms with Gasteiger partial charge in [0, 0.05) is 14.3 Å². The monoisotopic (exact) mass is 179 g/mol. The van der Waals surface area contributed by atoms with E-state index >= 15 is 0 Å². The average Bonchev–Trinajstić information content (AvgIpc) is 1.93. The Morgan fingerprint density at radius 3 is 2.58 bits per heavy atom. The molecule has 0 aromatic rings. The quantitative estimate of drug-likeness (QED) is 0.664. The van der Waals surface area contributed by atoms with E-state index in [1.54, 1.807) is 20.8 Å². The van der Waals surface area contributed by atoms with Crippen LogP contribution in [0, 0.1) is 0 Å². The summed E-state index contributed by atoms with van der Waals surface area (Å²) in [6.07, 6.45) is 0. The molecule has 0 aliphatic rings. The van der Waals surface area contributed by atoms with Crippen molar-refractivity contribution in [2.24, 2.45) is 0 Å². The van der Waals surface area contributed by atoms with E-state index in [1.165, 1.54) is 0 Å². The third-order valence-electron chi connectivity index (χ3n) is 0.871. The number of ether oxygens (including phenoxy) is 1. The van der Waals surface area contributed by atoms with Crippen LogP contribution in [0.4, 0.5) is 0 Å². The van der Waals surface area contributed by atoms with Crippen molar-refractivity contribution in [1.82, 2.24) is 5.32 Å². The second-order valence-electron chi connectivity index (χ2n) is 3.40. The van der Waals surface area contributed by atoms with Gasteiger partial charge in [-0.15, -0.1) is 0 Å². The molecule has 0 heterocycles. The van der Waals surface area contributed by atoms with Gasteiger partial charge in [-0.25, -0.2) is 0 Å². The Hall–Kier alpha value is -0.570. The highest BCUT2D eigenvalue weighted by atomic mass is 16.6. The second-order valence-corrected chi connectivity index (χ2v) is 3.40. The van der Waals surface area contributed by atoms with E-state index in [2.05, 4.69) is 5.32 Å². The molecular weight excluding hydrogens is 154 g/mol. The molecule has 3 heteroatoms. The predicted molar refractivity (Wildman–Crippen MR) is 49.0 cm³/mol. The number of nitrogens with one attached hydrogen (secondary N) is 1. The van der Waals surface area contributed by atoms with E-state index in [-0.39, 0.29) is 0 Å². The number of hydrogen-bond donors (Lipinski definition) is 1. The predicted octanol–water partition coefficient (Wildman–Crippen LogP) is 1.33. The first-order valence-electron chi connectivity index (χ1n) is 6.69. The maximum Gasteiger partial charge on any atom is 0.320 e. The van der Waals surface area contributed by atoms with Crippen molar-refractivity contribution >= 4 is 5.97 Å². The van der Waals surface area contributed by atoms with Crippen LogP contribution in [0.3, 0.4) is 0 Å². The van der Waals surface area contributed by atoms with Crippen molar-refractivity contribution in [2.75, 3.05) is 6.54 Å². The summed E-state index contributed by atoms with van der Waals surface area (Å²) in [4.78, 5) is 11.4. The molecule has 72 valence electrons. The molecule has 0 unspecified atom stereocenters. The smallest absolute Gasteiger partial charge is 0.320 e. The summed E-state index contributed by atoms with van der Waals surface area (Å²) in [5.74, 6) is -0.694. The molecule has 0 saturated heterocycles. The van der Waals surface area contributed by atoms with Crippen molar-refractivity contribution in [3.05, 3.63) is 0 Å². The van der Waals surface area contributed by atoms with E-state index in [1.807, 2.05) is 0 Å². The van der Waals surface area contributed by atoms with Gasteiger partial charge in [-0.3, -0.25) is 4.79 Å². The molecule has 0 amide bonds. The summed E-state index contributed by atoms with van der Waals surface area (Å²) < 4.78 is 47.7. The topological polar surface area (TPSA) is 38.3 Å². The lowest BCUT2D eigenvalue weighted by atomic mass is 10.2. The zero-order chi connectivity index (χ0) is 14.8. The van der Waals surface area contributed by atoms with Crippen molar-refractivity contribution in [3.8, 4) is 0 Å². The average molecular weight is 179 g/mol. The fourth-order valence-electron chi connectivity index (χ4n) is 0.563. The Balaban J connectivity index is 4.52. The third-order valence-corrected chi connectivity index (χ3v) is 0.871. The zero-order valence-corrected chi connectivity index (χ0v) is 7.60. The minimum Gasteiger partial charge on any atom is -0.459 e. The van der Waals surface area contributed by atoms with Crippen LogP contribution < -0.4 is 5.32 Å². The van der Waals surface area contributed by atoms with Gasteiger partial charge in [0.2, 0.25) is 0 Å². The normalized spacial score (nSPS) is 21.3. The summed E-state index contributed by atoms with van der Waals surface area (Å²) >= 11 is 0. The van der Waals surface area contributed by atoms with Crippen LogP contribution in [0.5, 0.6) is 0 Å². The van der Waals surface area contributed by atoms with Gasteiger partial charge in [-0.1, -0.05) is 13.7 Å². The number of rotatable bonds is 3. The Morgan fingerprint density at radius 1 is 1.58 bits per heavy atom. The maximum atomic E-state index is 11.4. The molecule has 0 rings (SSSR count). The molecule has 12 heavy (non-hydrogen) atoms. The summed E-state index contributed by atoms with van der Waals surface area (Å²) in [6, 6.07) is -1.75. The minimum atomic E-state index is -2.72. The summed E-state index contributed by atoms with van der Waals surface area (Å²) in [5.41, 5.74) is -0.700. The van der Waals surface area contributed by atoms with Crippen molar-refractivity contribution in [3.63, 3.8) is 0 Å². The highest BCUT2D eigenvalue weighted by Gasteiger charge is 2.15. The largest absolute Gasteiger partial charge is 0.459 e. The summed E-state index contributed by atoms with van der Waals surface area (Å²) in [7, 11) is 0. The maximum absolute atomic E-state index is 11.4. The Bertz CT molecular complexity index is 277. The minimum absolute atomic E-state index is 0.460. The molecule has 0 spiro atoms. The van der Waals surface area contributed by atoms with Crippen LogP contribution in [-0.2, 0) is 9.53 Å². The first kappa shape index (κ1) is 4.61. The zero-order valence-electron chi connectivity index (χ0n) is 13.6. The first-order chi connectivity index (χ1) is 7.73. The molecule has 3 nitrogen and oxygen atoms in total. The molecular formula is C9H19NO2. The number of esters is 1. The van der Waals surface area contributed by atoms with Gasteiger partial charge in [-0.2, -0.15) is 0 Å². The fraction of sp³-hybridized carbons (Fsp3) is 0.889. The Morgan fingerprint density at radius 2 is 2.17 bits per heavy atom. The highest BCUT2D eigenvalue weighted by molar-refractivity contribution is 5.72. The van der Waals surface area contributed by atoms with Crippen LogP contribution in [0.1, 0.15) is 42.7 Å². The van der Waals surface area contributed by atoms with Crippen LogP contribution in [0.2, 0.25) is 0 Å². The van der Waals surface area contributed by atoms with Gasteiger partial charge in [0.1, 0.15) is 5.60 Å². The second kappa shape index (κ2) is 4.45. The molecule has 1 N–H and O–H groups in total. The lowest BCUT2D eigenvalue weighted by molar-refractivity contribution is -0.153. The van der Waals surface area contributed by atoms with E-state index in [0.29, 0.717) is 0 Å². The van der Waals surface area contributed by atoms with E-state index < -0.39 is 37.9 Å². The van der Waals surface area contributed by atoms with Gasteiger partial charge in [0.15, 0.2) is 0 Å². The van der Waals surface area contributed by atoms with Crippen LogP contribution in [-0.4, -0.2) is 24.2 Å². The first-order valence-corrected chi connectivity index (χ1v) is 3.69. The van der Waals surface area contributed by atoms with Crippen LogP contribution in [0.15, 0.2) is 0 Å². The molecule has 0 atom stereocenters. The van der Waals surface area contributed by atoms with Crippen molar-refractivity contribution < 1.29 is 17.8 Å². The van der Waals surface area contributed by atoms with Crippen molar-refractivity contribution in [1.29, 1.82) is 0 Å². The standard InChI is InChI=1S/C9H19NO2/c1-7(2)10-6-8(11)12-9(3,4)5/h7,10H,6H2,1-5H3/i1D3,2D3. The number of carbonyl (C=O) groups excluding carboxylic acids is 1. The van der Waals surface area contributed by atoms with Gasteiger partial charge in [-0.05, 0) is 20.8 Å². The van der Waals surface area contributed by atoms with Gasteiger partial charge in [0.05, 0.1) is 6.54 Å².